The average molecular weight is 208 g/mol. The van der Waals surface area contributed by atoms with Gasteiger partial charge in [-0.15, -0.1) is 10.2 Å². The van der Waals surface area contributed by atoms with Crippen molar-refractivity contribution in [3.8, 4) is 0 Å². The van der Waals surface area contributed by atoms with Gasteiger partial charge in [-0.3, -0.25) is 9.89 Å². The highest BCUT2D eigenvalue weighted by Crippen LogP contribution is 2.03. The molecule has 0 aliphatic heterocycles. The molecule has 1 amide bonds. The number of hydrogen-bond donors (Lipinski definition) is 3. The van der Waals surface area contributed by atoms with Crippen LogP contribution in [-0.2, 0) is 0 Å². The fourth-order valence-corrected chi connectivity index (χ4v) is 0.997. The Morgan fingerprint density at radius 2 is 2.47 bits per heavy atom. The maximum atomic E-state index is 11.5. The lowest BCUT2D eigenvalue weighted by Crippen LogP contribution is -2.28. The Labute approximate surface area is 83.7 Å². The first-order valence-corrected chi connectivity index (χ1v) is 4.17. The zero-order valence-electron chi connectivity index (χ0n) is 7.80. The van der Waals surface area contributed by atoms with Crippen molar-refractivity contribution in [2.45, 2.75) is 13.0 Å². The summed E-state index contributed by atoms with van der Waals surface area (Å²) >= 11 is 0. The summed E-state index contributed by atoms with van der Waals surface area (Å²) in [6.45, 7) is 1.74. The molecule has 0 spiro atoms. The highest BCUT2D eigenvalue weighted by Gasteiger charge is 2.16. The zero-order chi connectivity index (χ0) is 10.7. The zero-order valence-corrected chi connectivity index (χ0v) is 7.80. The number of amides is 1. The molecular weight excluding hydrogens is 200 g/mol. The van der Waals surface area contributed by atoms with Gasteiger partial charge in [0.1, 0.15) is 6.33 Å². The predicted octanol–water partition coefficient (Wildman–Crippen LogP) is -1.19. The van der Waals surface area contributed by atoms with Gasteiger partial charge in [0.15, 0.2) is 5.82 Å². The van der Waals surface area contributed by atoms with Gasteiger partial charge in [0.25, 0.3) is 5.91 Å². The molecule has 0 radical (unpaired) electrons. The Morgan fingerprint density at radius 1 is 1.60 bits per heavy atom. The second-order valence-corrected chi connectivity index (χ2v) is 2.80. The van der Waals surface area contributed by atoms with Gasteiger partial charge in [-0.25, -0.2) is 4.98 Å². The normalized spacial score (nSPS) is 12.3. The van der Waals surface area contributed by atoms with Crippen LogP contribution >= 0.6 is 0 Å². The number of nitrogens with one attached hydrogen (secondary N) is 3. The highest BCUT2D eigenvalue weighted by atomic mass is 16.2. The van der Waals surface area contributed by atoms with Gasteiger partial charge in [0, 0.05) is 0 Å². The van der Waals surface area contributed by atoms with E-state index in [0.29, 0.717) is 5.82 Å². The summed E-state index contributed by atoms with van der Waals surface area (Å²) in [5.41, 5.74) is 0. The molecule has 2 aromatic rings. The van der Waals surface area contributed by atoms with Crippen molar-refractivity contribution in [1.82, 2.24) is 41.1 Å². The Kier molecular flexibility index (Phi) is 2.35. The number of tetrazole rings is 1. The molecule has 3 N–H and O–H groups in total. The molecule has 78 valence electrons. The molecule has 15 heavy (non-hydrogen) atoms. The Balaban J connectivity index is 2.01. The van der Waals surface area contributed by atoms with Gasteiger partial charge in [-0.05, 0) is 6.92 Å². The van der Waals surface area contributed by atoms with Crippen LogP contribution in [-0.4, -0.2) is 41.7 Å². The Hall–Kier alpha value is -2.32. The van der Waals surface area contributed by atoms with Crippen LogP contribution in [0, 0.1) is 0 Å². The third-order valence-corrected chi connectivity index (χ3v) is 1.73. The summed E-state index contributed by atoms with van der Waals surface area (Å²) in [6.07, 6.45) is 1.26. The van der Waals surface area contributed by atoms with Gasteiger partial charge < -0.3 is 5.32 Å². The maximum Gasteiger partial charge on any atom is 0.289 e. The molecule has 9 nitrogen and oxygen atoms in total. The standard InChI is InChI=1S/C6H8N8O/c1-3(4-11-13-14-12-4)9-6(15)5-7-2-8-10-5/h2-3H,1H3,(H,9,15)(H,7,8,10)(H,11,12,13,14). The van der Waals surface area contributed by atoms with Crippen molar-refractivity contribution < 1.29 is 4.79 Å². The Morgan fingerprint density at radius 3 is 3.07 bits per heavy atom. The molecule has 0 aromatic carbocycles. The van der Waals surface area contributed by atoms with Crippen molar-refractivity contribution in [2.75, 3.05) is 0 Å². The van der Waals surface area contributed by atoms with E-state index < -0.39 is 0 Å². The number of carbonyl (C=O) groups is 1. The molecule has 0 saturated heterocycles. The second kappa shape index (κ2) is 3.82. The summed E-state index contributed by atoms with van der Waals surface area (Å²) in [5, 5.41) is 21.8. The minimum Gasteiger partial charge on any atom is -0.339 e. The summed E-state index contributed by atoms with van der Waals surface area (Å²) in [4.78, 5) is 15.2. The van der Waals surface area contributed by atoms with E-state index in [0.717, 1.165) is 0 Å². The molecule has 0 fully saturated rings. The van der Waals surface area contributed by atoms with Crippen molar-refractivity contribution >= 4 is 5.91 Å². The summed E-state index contributed by atoms with van der Waals surface area (Å²) in [5.74, 6) is 0.179. The summed E-state index contributed by atoms with van der Waals surface area (Å²) in [6, 6.07) is -0.346. The molecule has 2 rings (SSSR count). The predicted molar refractivity (Wildman–Crippen MR) is 46.4 cm³/mol. The van der Waals surface area contributed by atoms with Crippen molar-refractivity contribution in [2.24, 2.45) is 0 Å². The molecule has 1 unspecified atom stereocenters. The van der Waals surface area contributed by atoms with Crippen LogP contribution in [0.2, 0.25) is 0 Å². The molecule has 2 heterocycles. The van der Waals surface area contributed by atoms with Crippen LogP contribution in [0.25, 0.3) is 0 Å². The van der Waals surface area contributed by atoms with Gasteiger partial charge in [0.2, 0.25) is 5.82 Å². The van der Waals surface area contributed by atoms with Crippen LogP contribution < -0.4 is 5.32 Å². The number of carbonyl (C=O) groups excluding carboxylic acids is 1. The van der Waals surface area contributed by atoms with Gasteiger partial charge in [0.05, 0.1) is 6.04 Å². The van der Waals surface area contributed by atoms with Crippen LogP contribution in [0.4, 0.5) is 0 Å². The monoisotopic (exact) mass is 208 g/mol. The molecular formula is C6H8N8O. The van der Waals surface area contributed by atoms with Crippen LogP contribution in [0.15, 0.2) is 6.33 Å². The number of aromatic amines is 2. The SMILES string of the molecule is CC(NC(=O)c1ncn[nH]1)c1nn[nH]n1. The second-order valence-electron chi connectivity index (χ2n) is 2.80. The largest absolute Gasteiger partial charge is 0.339 e. The number of nitrogens with zero attached hydrogens (tertiary/aromatic N) is 5. The van der Waals surface area contributed by atoms with E-state index in [9.17, 15) is 4.79 Å². The Bertz CT molecular complexity index is 420. The summed E-state index contributed by atoms with van der Waals surface area (Å²) < 4.78 is 0. The minimum atomic E-state index is -0.371. The quantitative estimate of drug-likeness (QED) is 0.582. The first kappa shape index (κ1) is 9.24. The molecule has 0 saturated carbocycles. The lowest BCUT2D eigenvalue weighted by Gasteiger charge is -2.07. The number of H-pyrrole nitrogens is 2. The van der Waals surface area contributed by atoms with Crippen molar-refractivity contribution in [3.05, 3.63) is 18.0 Å². The van der Waals surface area contributed by atoms with E-state index >= 15 is 0 Å². The average Bonchev–Trinajstić information content (AvgIpc) is 2.91. The summed E-state index contributed by atoms with van der Waals surface area (Å²) in [7, 11) is 0. The van der Waals surface area contributed by atoms with Crippen molar-refractivity contribution in [3.63, 3.8) is 0 Å². The van der Waals surface area contributed by atoms with Crippen LogP contribution in [0.1, 0.15) is 29.4 Å². The first-order chi connectivity index (χ1) is 7.27. The lowest BCUT2D eigenvalue weighted by atomic mass is 10.3. The maximum absolute atomic E-state index is 11.5. The van der Waals surface area contributed by atoms with Crippen LogP contribution in [0.3, 0.4) is 0 Å². The number of hydrogen-bond acceptors (Lipinski definition) is 6. The highest BCUT2D eigenvalue weighted by molar-refractivity contribution is 5.90. The minimum absolute atomic E-state index is 0.144. The topological polar surface area (TPSA) is 125 Å². The van der Waals surface area contributed by atoms with Crippen LogP contribution in [0.5, 0.6) is 0 Å². The van der Waals surface area contributed by atoms with E-state index in [1.165, 1.54) is 6.33 Å². The van der Waals surface area contributed by atoms with E-state index in [2.05, 4.69) is 41.1 Å². The molecule has 2 aromatic heterocycles. The van der Waals surface area contributed by atoms with E-state index in [1.54, 1.807) is 6.92 Å². The van der Waals surface area contributed by atoms with Crippen molar-refractivity contribution in [1.29, 1.82) is 0 Å². The molecule has 1 atom stereocenters. The smallest absolute Gasteiger partial charge is 0.289 e. The van der Waals surface area contributed by atoms with Gasteiger partial charge >= 0.3 is 0 Å². The third kappa shape index (κ3) is 1.95. The number of rotatable bonds is 3. The molecule has 0 bridgehead atoms. The van der Waals surface area contributed by atoms with E-state index in [4.69, 9.17) is 0 Å². The number of aromatic nitrogens is 7. The molecule has 0 aliphatic rings. The lowest BCUT2D eigenvalue weighted by molar-refractivity contribution is 0.0928. The fraction of sp³-hybridized carbons (Fsp3) is 0.333. The molecule has 9 heteroatoms. The molecule has 0 aliphatic carbocycles. The van der Waals surface area contributed by atoms with E-state index in [-0.39, 0.29) is 17.8 Å². The van der Waals surface area contributed by atoms with Gasteiger partial charge in [-0.1, -0.05) is 5.21 Å². The first-order valence-electron chi connectivity index (χ1n) is 4.17. The fourth-order valence-electron chi connectivity index (χ4n) is 0.997. The third-order valence-electron chi connectivity index (χ3n) is 1.73. The van der Waals surface area contributed by atoms with E-state index in [1.807, 2.05) is 0 Å². The van der Waals surface area contributed by atoms with Gasteiger partial charge in [-0.2, -0.15) is 10.3 Å².